The molecule has 0 aromatic heterocycles. The van der Waals surface area contributed by atoms with Crippen LogP contribution < -0.4 is 5.32 Å². The molecule has 0 spiro atoms. The number of aliphatic hydroxyl groups is 1. The number of phenols is 1. The number of nitrogens with one attached hydrogen (secondary N) is 1. The molecule has 25 heavy (non-hydrogen) atoms. The van der Waals surface area contributed by atoms with Crippen LogP contribution in [0, 0.1) is 17.7 Å². The third kappa shape index (κ3) is 3.74. The fourth-order valence-corrected chi connectivity index (χ4v) is 3.77. The van der Waals surface area contributed by atoms with Crippen LogP contribution in [-0.4, -0.2) is 16.3 Å². The maximum absolute atomic E-state index is 13.5. The molecule has 0 saturated heterocycles. The molecular formula is C21H30FNO2. The second-order valence-electron chi connectivity index (χ2n) is 7.41. The average Bonchev–Trinajstić information content (AvgIpc) is 2.52. The predicted octanol–water partition coefficient (Wildman–Crippen LogP) is 4.83. The van der Waals surface area contributed by atoms with Crippen molar-refractivity contribution in [3.63, 3.8) is 0 Å². The molecule has 0 saturated carbocycles. The van der Waals surface area contributed by atoms with Crippen molar-refractivity contribution in [2.24, 2.45) is 11.8 Å². The summed E-state index contributed by atoms with van der Waals surface area (Å²) in [4.78, 5) is 0. The molecule has 0 amide bonds. The number of dihydropyridines is 1. The highest BCUT2D eigenvalue weighted by Gasteiger charge is 2.35. The van der Waals surface area contributed by atoms with Gasteiger partial charge in [0, 0.05) is 28.9 Å². The average molecular weight is 347 g/mol. The van der Waals surface area contributed by atoms with Crippen molar-refractivity contribution in [1.82, 2.24) is 5.32 Å². The van der Waals surface area contributed by atoms with E-state index in [9.17, 15) is 14.6 Å². The lowest BCUT2D eigenvalue weighted by atomic mass is 9.74. The lowest BCUT2D eigenvalue weighted by Gasteiger charge is -2.38. The number of allylic oxidation sites excluding steroid dienone is 3. The highest BCUT2D eigenvalue weighted by atomic mass is 19.1. The Morgan fingerprint density at radius 2 is 1.68 bits per heavy atom. The zero-order valence-electron chi connectivity index (χ0n) is 16.0. The number of hydrogen-bond donors (Lipinski definition) is 3. The third-order valence-corrected chi connectivity index (χ3v) is 4.87. The molecule has 3 nitrogen and oxygen atoms in total. The SMILES string of the molecule is CCC1=C(C(C)C)NC(C(C)C)=C([C@H](C)O)[C@@H]1c1ccc(F)cc1O. The lowest BCUT2D eigenvalue weighted by Crippen LogP contribution is -2.34. The Morgan fingerprint density at radius 1 is 1.08 bits per heavy atom. The smallest absolute Gasteiger partial charge is 0.126 e. The Bertz CT molecular complexity index is 702. The monoisotopic (exact) mass is 347 g/mol. The van der Waals surface area contributed by atoms with Crippen molar-refractivity contribution in [2.45, 2.75) is 60.0 Å². The van der Waals surface area contributed by atoms with Crippen molar-refractivity contribution < 1.29 is 14.6 Å². The molecule has 1 heterocycles. The van der Waals surface area contributed by atoms with E-state index in [1.165, 1.54) is 6.07 Å². The summed E-state index contributed by atoms with van der Waals surface area (Å²) in [6.07, 6.45) is 0.110. The van der Waals surface area contributed by atoms with Crippen LogP contribution in [0.3, 0.4) is 0 Å². The molecule has 1 aliphatic heterocycles. The maximum Gasteiger partial charge on any atom is 0.126 e. The van der Waals surface area contributed by atoms with Crippen LogP contribution in [0.25, 0.3) is 0 Å². The Hall–Kier alpha value is -1.81. The first-order chi connectivity index (χ1) is 11.7. The number of halogens is 1. The minimum absolute atomic E-state index is 0.0674. The first-order valence-electron chi connectivity index (χ1n) is 9.09. The molecule has 0 unspecified atom stereocenters. The van der Waals surface area contributed by atoms with E-state index in [4.69, 9.17) is 0 Å². The summed E-state index contributed by atoms with van der Waals surface area (Å²) in [5.41, 5.74) is 4.76. The summed E-state index contributed by atoms with van der Waals surface area (Å²) in [7, 11) is 0. The molecule has 1 aromatic rings. The Labute approximate surface area is 150 Å². The molecule has 0 aliphatic carbocycles. The third-order valence-electron chi connectivity index (χ3n) is 4.87. The van der Waals surface area contributed by atoms with E-state index < -0.39 is 11.9 Å². The number of rotatable bonds is 5. The fourth-order valence-electron chi connectivity index (χ4n) is 3.77. The summed E-state index contributed by atoms with van der Waals surface area (Å²) in [6.45, 7) is 12.3. The van der Waals surface area contributed by atoms with Gasteiger partial charge in [0.25, 0.3) is 0 Å². The van der Waals surface area contributed by atoms with Gasteiger partial charge in [-0.2, -0.15) is 0 Å². The molecule has 0 fully saturated rings. The highest BCUT2D eigenvalue weighted by molar-refractivity contribution is 5.52. The minimum Gasteiger partial charge on any atom is -0.508 e. The number of benzene rings is 1. The van der Waals surface area contributed by atoms with Crippen LogP contribution in [0.15, 0.2) is 40.7 Å². The van der Waals surface area contributed by atoms with Crippen LogP contribution in [0.2, 0.25) is 0 Å². The largest absolute Gasteiger partial charge is 0.508 e. The molecule has 4 heteroatoms. The topological polar surface area (TPSA) is 52.5 Å². The second-order valence-corrected chi connectivity index (χ2v) is 7.41. The Balaban J connectivity index is 2.79. The normalized spacial score (nSPS) is 19.7. The van der Waals surface area contributed by atoms with Crippen molar-refractivity contribution in [2.75, 3.05) is 0 Å². The molecule has 3 N–H and O–H groups in total. The first-order valence-corrected chi connectivity index (χ1v) is 9.09. The summed E-state index contributed by atoms with van der Waals surface area (Å²) < 4.78 is 13.5. The van der Waals surface area contributed by atoms with Crippen LogP contribution >= 0.6 is 0 Å². The number of hydrogen-bond acceptors (Lipinski definition) is 3. The summed E-state index contributed by atoms with van der Waals surface area (Å²) in [6, 6.07) is 4.15. The van der Waals surface area contributed by atoms with Gasteiger partial charge in [-0.1, -0.05) is 40.7 Å². The van der Waals surface area contributed by atoms with Gasteiger partial charge in [-0.05, 0) is 42.4 Å². The standard InChI is InChI=1S/C21H30FNO2/c1-7-15-19(16-9-8-14(22)10-17(16)25)18(13(6)24)21(12(4)5)23-20(15)11(2)3/h8-13,19,23-25H,7H2,1-6H3/t13-,19-/m0/s1. The van der Waals surface area contributed by atoms with Crippen molar-refractivity contribution in [1.29, 1.82) is 0 Å². The fraction of sp³-hybridized carbons (Fsp3) is 0.524. The van der Waals surface area contributed by atoms with Gasteiger partial charge < -0.3 is 15.5 Å². The van der Waals surface area contributed by atoms with E-state index >= 15 is 0 Å². The molecule has 0 bridgehead atoms. The molecule has 1 aromatic carbocycles. The van der Waals surface area contributed by atoms with E-state index in [2.05, 4.69) is 39.9 Å². The zero-order valence-corrected chi connectivity index (χ0v) is 16.0. The quantitative estimate of drug-likeness (QED) is 0.715. The highest BCUT2D eigenvalue weighted by Crippen LogP contribution is 2.46. The number of aliphatic hydroxyl groups excluding tert-OH is 1. The maximum atomic E-state index is 13.5. The second kappa shape index (κ2) is 7.61. The van der Waals surface area contributed by atoms with Gasteiger partial charge >= 0.3 is 0 Å². The van der Waals surface area contributed by atoms with Gasteiger partial charge in [0.2, 0.25) is 0 Å². The van der Waals surface area contributed by atoms with Crippen LogP contribution in [0.5, 0.6) is 5.75 Å². The Kier molecular flexibility index (Phi) is 5.94. The molecule has 2 rings (SSSR count). The molecular weight excluding hydrogens is 317 g/mol. The van der Waals surface area contributed by atoms with Gasteiger partial charge in [-0.3, -0.25) is 0 Å². The molecule has 0 radical (unpaired) electrons. The minimum atomic E-state index is -0.672. The van der Waals surface area contributed by atoms with Crippen LogP contribution in [0.1, 0.15) is 59.4 Å². The van der Waals surface area contributed by atoms with E-state index in [-0.39, 0.29) is 23.5 Å². The van der Waals surface area contributed by atoms with E-state index in [0.29, 0.717) is 5.56 Å². The van der Waals surface area contributed by atoms with Gasteiger partial charge in [-0.25, -0.2) is 4.39 Å². The van der Waals surface area contributed by atoms with E-state index in [1.54, 1.807) is 13.0 Å². The van der Waals surface area contributed by atoms with Crippen LogP contribution in [0.4, 0.5) is 4.39 Å². The summed E-state index contributed by atoms with van der Waals surface area (Å²) >= 11 is 0. The predicted molar refractivity (Wildman–Crippen MR) is 99.6 cm³/mol. The van der Waals surface area contributed by atoms with E-state index in [1.807, 2.05) is 0 Å². The molecule has 138 valence electrons. The van der Waals surface area contributed by atoms with Gasteiger partial charge in [0.05, 0.1) is 6.10 Å². The molecule has 1 aliphatic rings. The summed E-state index contributed by atoms with van der Waals surface area (Å²) in [5, 5.41) is 24.5. The Morgan fingerprint density at radius 3 is 2.12 bits per heavy atom. The van der Waals surface area contributed by atoms with Crippen molar-refractivity contribution in [3.8, 4) is 5.75 Å². The van der Waals surface area contributed by atoms with Crippen molar-refractivity contribution >= 4 is 0 Å². The lowest BCUT2D eigenvalue weighted by molar-refractivity contribution is 0.219. The number of phenolic OH excluding ortho intramolecular Hbond substituents is 1. The van der Waals surface area contributed by atoms with Gasteiger partial charge in [-0.15, -0.1) is 0 Å². The van der Waals surface area contributed by atoms with Crippen LogP contribution in [-0.2, 0) is 0 Å². The van der Waals surface area contributed by atoms with E-state index in [0.717, 1.165) is 35.0 Å². The number of aromatic hydroxyl groups is 1. The van der Waals surface area contributed by atoms with Crippen molar-refractivity contribution in [3.05, 3.63) is 52.1 Å². The van der Waals surface area contributed by atoms with Gasteiger partial charge in [0.1, 0.15) is 11.6 Å². The van der Waals surface area contributed by atoms with Gasteiger partial charge in [0.15, 0.2) is 0 Å². The summed E-state index contributed by atoms with van der Waals surface area (Å²) in [5.74, 6) is -0.303. The zero-order chi connectivity index (χ0) is 18.9. The molecule has 2 atom stereocenters. The first kappa shape index (κ1) is 19.5.